The van der Waals surface area contributed by atoms with Crippen molar-refractivity contribution in [3.05, 3.63) is 33.8 Å². The van der Waals surface area contributed by atoms with Gasteiger partial charge in [-0.1, -0.05) is 22.9 Å². The second kappa shape index (κ2) is 4.15. The van der Waals surface area contributed by atoms with Crippen molar-refractivity contribution in [2.45, 2.75) is 18.8 Å². The minimum Gasteiger partial charge on any atom is -0.465 e. The number of halogens is 1. The van der Waals surface area contributed by atoms with E-state index in [1.807, 2.05) is 13.0 Å². The molecule has 0 amide bonds. The minimum atomic E-state index is -0.521. The maximum atomic E-state index is 11.7. The molecule has 0 N–H and O–H groups in total. The summed E-state index contributed by atoms with van der Waals surface area (Å²) in [4.78, 5) is 11.7. The van der Waals surface area contributed by atoms with Crippen LogP contribution in [0.1, 0.15) is 29.3 Å². The molecule has 2 rings (SSSR count). The Morgan fingerprint density at radius 2 is 2.29 bits per heavy atom. The second-order valence-corrected chi connectivity index (χ2v) is 5.29. The van der Waals surface area contributed by atoms with Crippen molar-refractivity contribution in [3.8, 4) is 6.07 Å². The highest BCUT2D eigenvalue weighted by atomic mass is 79.9. The maximum Gasteiger partial charge on any atom is 0.338 e. The number of carbonyl (C=O) groups excluding carboxylic acids is 1. The number of carbonyl (C=O) groups is 1. The fraction of sp³-hybridized carbons (Fsp3) is 0.385. The molecule has 0 saturated heterocycles. The number of hydrogen-bond donors (Lipinski definition) is 0. The Labute approximate surface area is 109 Å². The SMILES string of the molecule is COC(=O)c1ccc(Br)cc1[C@@]1(C#N)CC1C. The first-order valence-electron chi connectivity index (χ1n) is 5.34. The minimum absolute atomic E-state index is 0.283. The summed E-state index contributed by atoms with van der Waals surface area (Å²) >= 11 is 3.38. The predicted molar refractivity (Wildman–Crippen MR) is 66.6 cm³/mol. The van der Waals surface area contributed by atoms with E-state index in [2.05, 4.69) is 22.0 Å². The molecule has 3 nitrogen and oxygen atoms in total. The van der Waals surface area contributed by atoms with Crippen molar-refractivity contribution in [3.63, 3.8) is 0 Å². The van der Waals surface area contributed by atoms with E-state index in [4.69, 9.17) is 4.74 Å². The topological polar surface area (TPSA) is 50.1 Å². The predicted octanol–water partition coefficient (Wildman–Crippen LogP) is 3.04. The molecule has 17 heavy (non-hydrogen) atoms. The highest BCUT2D eigenvalue weighted by molar-refractivity contribution is 9.10. The number of methoxy groups -OCH3 is 1. The largest absolute Gasteiger partial charge is 0.465 e. The van der Waals surface area contributed by atoms with Crippen molar-refractivity contribution in [2.75, 3.05) is 7.11 Å². The van der Waals surface area contributed by atoms with Crippen LogP contribution >= 0.6 is 15.9 Å². The summed E-state index contributed by atoms with van der Waals surface area (Å²) in [5.41, 5.74) is 0.739. The summed E-state index contributed by atoms with van der Waals surface area (Å²) in [6.45, 7) is 2.02. The molecule has 1 saturated carbocycles. The van der Waals surface area contributed by atoms with Gasteiger partial charge in [-0.05, 0) is 36.1 Å². The van der Waals surface area contributed by atoms with Crippen molar-refractivity contribution >= 4 is 21.9 Å². The average molecular weight is 294 g/mol. The zero-order valence-electron chi connectivity index (χ0n) is 9.66. The summed E-state index contributed by atoms with van der Waals surface area (Å²) in [5.74, 6) is -0.105. The van der Waals surface area contributed by atoms with Crippen LogP contribution in [-0.2, 0) is 10.2 Å². The Morgan fingerprint density at radius 3 is 2.76 bits per heavy atom. The lowest BCUT2D eigenvalue weighted by molar-refractivity contribution is 0.0599. The molecule has 0 radical (unpaired) electrons. The van der Waals surface area contributed by atoms with Gasteiger partial charge in [-0.25, -0.2) is 4.79 Å². The Bertz CT molecular complexity index is 521. The van der Waals surface area contributed by atoms with Gasteiger partial charge in [0.25, 0.3) is 0 Å². The van der Waals surface area contributed by atoms with E-state index in [9.17, 15) is 10.1 Å². The highest BCUT2D eigenvalue weighted by Crippen LogP contribution is 2.54. The second-order valence-electron chi connectivity index (χ2n) is 4.37. The molecule has 1 aliphatic rings. The molecule has 4 heteroatoms. The average Bonchev–Trinajstić information content (AvgIpc) is 3.00. The first kappa shape index (κ1) is 12.1. The van der Waals surface area contributed by atoms with Gasteiger partial charge in [0.15, 0.2) is 0 Å². The van der Waals surface area contributed by atoms with Crippen molar-refractivity contribution in [2.24, 2.45) is 5.92 Å². The van der Waals surface area contributed by atoms with Gasteiger partial charge in [0, 0.05) is 4.47 Å². The van der Waals surface area contributed by atoms with E-state index in [0.29, 0.717) is 5.56 Å². The molecule has 0 heterocycles. The van der Waals surface area contributed by atoms with E-state index in [1.165, 1.54) is 7.11 Å². The third-order valence-electron chi connectivity index (χ3n) is 3.38. The molecule has 88 valence electrons. The van der Waals surface area contributed by atoms with Crippen LogP contribution in [0.4, 0.5) is 0 Å². The number of nitrogens with zero attached hydrogens (tertiary/aromatic N) is 1. The Balaban J connectivity index is 2.57. The van der Waals surface area contributed by atoms with Crippen LogP contribution in [0, 0.1) is 17.2 Å². The molecule has 0 spiro atoms. The van der Waals surface area contributed by atoms with Gasteiger partial charge in [0.1, 0.15) is 0 Å². The summed E-state index contributed by atoms with van der Waals surface area (Å²) in [6, 6.07) is 7.67. The first-order valence-corrected chi connectivity index (χ1v) is 6.14. The number of benzene rings is 1. The summed E-state index contributed by atoms with van der Waals surface area (Å²) in [7, 11) is 1.35. The Morgan fingerprint density at radius 1 is 1.65 bits per heavy atom. The molecule has 0 bridgehead atoms. The van der Waals surface area contributed by atoms with Gasteiger partial charge in [-0.2, -0.15) is 5.26 Å². The summed E-state index contributed by atoms with van der Waals surface area (Å²) < 4.78 is 5.63. The fourth-order valence-electron chi connectivity index (χ4n) is 2.19. The van der Waals surface area contributed by atoms with Gasteiger partial charge < -0.3 is 4.74 Å². The van der Waals surface area contributed by atoms with Crippen LogP contribution in [0.5, 0.6) is 0 Å². The van der Waals surface area contributed by atoms with Gasteiger partial charge >= 0.3 is 5.97 Å². The van der Waals surface area contributed by atoms with Crippen LogP contribution in [0.3, 0.4) is 0 Å². The van der Waals surface area contributed by atoms with Crippen LogP contribution < -0.4 is 0 Å². The van der Waals surface area contributed by atoms with Crippen LogP contribution in [0.2, 0.25) is 0 Å². The monoisotopic (exact) mass is 293 g/mol. The van der Waals surface area contributed by atoms with Crippen LogP contribution in [-0.4, -0.2) is 13.1 Å². The lowest BCUT2D eigenvalue weighted by Crippen LogP contribution is -2.14. The standard InChI is InChI=1S/C13H12BrNO2/c1-8-6-13(8,7-15)11-5-9(14)3-4-10(11)12(16)17-2/h3-5,8H,6H2,1-2H3/t8?,13-/m1/s1. The zero-order chi connectivity index (χ0) is 12.6. The van der Waals surface area contributed by atoms with E-state index in [1.54, 1.807) is 12.1 Å². The van der Waals surface area contributed by atoms with Crippen molar-refractivity contribution < 1.29 is 9.53 Å². The third kappa shape index (κ3) is 1.85. The lowest BCUT2D eigenvalue weighted by Gasteiger charge is -2.13. The molecule has 0 aromatic heterocycles. The quantitative estimate of drug-likeness (QED) is 0.788. The van der Waals surface area contributed by atoms with Gasteiger partial charge in [-0.15, -0.1) is 0 Å². The van der Waals surface area contributed by atoms with Gasteiger partial charge in [-0.3, -0.25) is 0 Å². The first-order chi connectivity index (χ1) is 8.05. The number of nitriles is 1. The summed E-state index contributed by atoms with van der Waals surface area (Å²) in [5, 5.41) is 9.33. The molecular formula is C13H12BrNO2. The molecule has 1 fully saturated rings. The van der Waals surface area contributed by atoms with E-state index in [0.717, 1.165) is 16.5 Å². The molecule has 0 aliphatic heterocycles. The smallest absolute Gasteiger partial charge is 0.338 e. The number of hydrogen-bond acceptors (Lipinski definition) is 3. The number of esters is 1. The van der Waals surface area contributed by atoms with Crippen molar-refractivity contribution in [1.82, 2.24) is 0 Å². The van der Waals surface area contributed by atoms with E-state index < -0.39 is 5.41 Å². The van der Waals surface area contributed by atoms with E-state index in [-0.39, 0.29) is 11.9 Å². The third-order valence-corrected chi connectivity index (χ3v) is 3.87. The molecule has 1 aromatic rings. The molecule has 1 aliphatic carbocycles. The zero-order valence-corrected chi connectivity index (χ0v) is 11.2. The van der Waals surface area contributed by atoms with E-state index >= 15 is 0 Å². The normalized spacial score (nSPS) is 26.1. The molecular weight excluding hydrogens is 282 g/mol. The fourth-order valence-corrected chi connectivity index (χ4v) is 2.55. The van der Waals surface area contributed by atoms with Crippen molar-refractivity contribution in [1.29, 1.82) is 5.26 Å². The highest BCUT2D eigenvalue weighted by Gasteiger charge is 2.54. The maximum absolute atomic E-state index is 11.7. The van der Waals surface area contributed by atoms with Crippen LogP contribution in [0.25, 0.3) is 0 Å². The molecule has 1 aromatic carbocycles. The molecule has 2 atom stereocenters. The Hall–Kier alpha value is -1.34. The van der Waals surface area contributed by atoms with Gasteiger partial charge in [0.2, 0.25) is 0 Å². The Kier molecular flexibility index (Phi) is 2.96. The number of ether oxygens (including phenoxy) is 1. The molecule has 1 unspecified atom stereocenters. The summed E-state index contributed by atoms with van der Waals surface area (Å²) in [6.07, 6.45) is 0.796. The lowest BCUT2D eigenvalue weighted by atomic mass is 9.90. The van der Waals surface area contributed by atoms with Gasteiger partial charge in [0.05, 0.1) is 24.2 Å². The van der Waals surface area contributed by atoms with Crippen LogP contribution in [0.15, 0.2) is 22.7 Å². The number of rotatable bonds is 2.